The van der Waals surface area contributed by atoms with Crippen molar-refractivity contribution in [1.29, 1.82) is 0 Å². The van der Waals surface area contributed by atoms with Gasteiger partial charge in [0.2, 0.25) is 11.8 Å². The van der Waals surface area contributed by atoms with Gasteiger partial charge in [-0.1, -0.05) is 19.9 Å². The minimum Gasteiger partial charge on any atom is -0.331 e. The zero-order valence-corrected chi connectivity index (χ0v) is 15.4. The van der Waals surface area contributed by atoms with Crippen LogP contribution in [0.4, 0.5) is 18.9 Å². The molecule has 2 amide bonds. The van der Waals surface area contributed by atoms with Crippen molar-refractivity contribution in [3.63, 3.8) is 0 Å². The molecule has 0 saturated heterocycles. The van der Waals surface area contributed by atoms with Gasteiger partial charge < -0.3 is 9.80 Å². The highest BCUT2D eigenvalue weighted by atomic mass is 19.4. The van der Waals surface area contributed by atoms with Crippen LogP contribution < -0.4 is 4.90 Å². The first-order valence-electron chi connectivity index (χ1n) is 9.01. The van der Waals surface area contributed by atoms with Crippen LogP contribution >= 0.6 is 0 Å². The van der Waals surface area contributed by atoms with Gasteiger partial charge in [-0.15, -0.1) is 0 Å². The van der Waals surface area contributed by atoms with Crippen LogP contribution in [0.25, 0.3) is 0 Å². The smallest absolute Gasteiger partial charge is 0.331 e. The minimum absolute atomic E-state index is 0.0985. The van der Waals surface area contributed by atoms with Crippen molar-refractivity contribution in [1.82, 2.24) is 4.90 Å². The van der Waals surface area contributed by atoms with E-state index in [1.165, 1.54) is 15.9 Å². The van der Waals surface area contributed by atoms with E-state index in [1.54, 1.807) is 6.92 Å². The molecule has 1 atom stereocenters. The van der Waals surface area contributed by atoms with Gasteiger partial charge in [0.05, 0.1) is 5.56 Å². The maximum absolute atomic E-state index is 13.0. The third-order valence-electron chi connectivity index (χ3n) is 4.65. The molecule has 1 aliphatic heterocycles. The first kappa shape index (κ1) is 20.3. The van der Waals surface area contributed by atoms with E-state index in [9.17, 15) is 22.8 Å². The molecular weight excluding hydrogens is 345 g/mol. The lowest BCUT2D eigenvalue weighted by Crippen LogP contribution is -2.49. The van der Waals surface area contributed by atoms with E-state index in [-0.39, 0.29) is 11.8 Å². The van der Waals surface area contributed by atoms with E-state index in [0.717, 1.165) is 17.7 Å². The second-order valence-electron chi connectivity index (χ2n) is 6.59. The van der Waals surface area contributed by atoms with Crippen molar-refractivity contribution in [3.05, 3.63) is 29.3 Å². The average Bonchev–Trinajstić information content (AvgIpc) is 3.01. The molecule has 144 valence electrons. The predicted molar refractivity (Wildman–Crippen MR) is 93.9 cm³/mol. The molecule has 1 aliphatic rings. The molecule has 7 heteroatoms. The van der Waals surface area contributed by atoms with Crippen molar-refractivity contribution in [2.45, 2.75) is 58.7 Å². The number of hydrogen-bond acceptors (Lipinski definition) is 2. The van der Waals surface area contributed by atoms with Crippen LogP contribution in [0.15, 0.2) is 18.2 Å². The van der Waals surface area contributed by atoms with Crippen molar-refractivity contribution >= 4 is 17.5 Å². The molecule has 1 aromatic rings. The van der Waals surface area contributed by atoms with E-state index in [0.29, 0.717) is 44.5 Å². The number of carbonyl (C=O) groups is 2. The fourth-order valence-corrected chi connectivity index (χ4v) is 3.28. The standard InChI is InChI=1S/C19H25F3N2O2/c1-4-6-17(25)23(10-5-2)13(3)18(26)24-11-9-14-7-8-15(12-16(14)24)19(20,21)22/h7-8,12-13H,4-6,9-11H2,1-3H3. The number of carbonyl (C=O) groups excluding carboxylic acids is 2. The van der Waals surface area contributed by atoms with Crippen LogP contribution in [-0.4, -0.2) is 35.8 Å². The molecule has 0 bridgehead atoms. The van der Waals surface area contributed by atoms with Crippen LogP contribution in [0.3, 0.4) is 0 Å². The summed E-state index contributed by atoms with van der Waals surface area (Å²) in [5.74, 6) is -0.431. The molecule has 1 unspecified atom stereocenters. The lowest BCUT2D eigenvalue weighted by molar-refractivity contribution is -0.139. The Kier molecular flexibility index (Phi) is 6.31. The van der Waals surface area contributed by atoms with Crippen LogP contribution in [-0.2, 0) is 22.2 Å². The van der Waals surface area contributed by atoms with Crippen molar-refractivity contribution in [3.8, 4) is 0 Å². The maximum atomic E-state index is 13.0. The van der Waals surface area contributed by atoms with E-state index < -0.39 is 17.8 Å². The molecule has 26 heavy (non-hydrogen) atoms. The first-order chi connectivity index (χ1) is 12.2. The first-order valence-corrected chi connectivity index (χ1v) is 9.01. The number of anilines is 1. The quantitative estimate of drug-likeness (QED) is 0.759. The number of rotatable bonds is 6. The Morgan fingerprint density at radius 1 is 1.23 bits per heavy atom. The Bertz CT molecular complexity index is 673. The molecule has 1 heterocycles. The number of fused-ring (bicyclic) bond motifs is 1. The van der Waals surface area contributed by atoms with Crippen LogP contribution in [0.2, 0.25) is 0 Å². The number of alkyl halides is 3. The van der Waals surface area contributed by atoms with Gasteiger partial charge in [-0.3, -0.25) is 9.59 Å². The predicted octanol–water partition coefficient (Wildman–Crippen LogP) is 4.02. The summed E-state index contributed by atoms with van der Waals surface area (Å²) in [6.07, 6.45) is -2.19. The van der Waals surface area contributed by atoms with Crippen molar-refractivity contribution < 1.29 is 22.8 Å². The molecule has 0 N–H and O–H groups in total. The fourth-order valence-electron chi connectivity index (χ4n) is 3.28. The molecule has 0 fully saturated rings. The summed E-state index contributed by atoms with van der Waals surface area (Å²) in [5.41, 5.74) is 0.257. The third kappa shape index (κ3) is 4.19. The Morgan fingerprint density at radius 2 is 1.92 bits per heavy atom. The van der Waals surface area contributed by atoms with E-state index >= 15 is 0 Å². The number of amides is 2. The molecule has 2 rings (SSSR count). The topological polar surface area (TPSA) is 40.6 Å². The van der Waals surface area contributed by atoms with Gasteiger partial charge in [0.25, 0.3) is 0 Å². The van der Waals surface area contributed by atoms with Crippen molar-refractivity contribution in [2.24, 2.45) is 0 Å². The summed E-state index contributed by atoms with van der Waals surface area (Å²) in [6, 6.07) is 2.81. The highest BCUT2D eigenvalue weighted by Gasteiger charge is 2.36. The number of halogens is 3. The second-order valence-corrected chi connectivity index (χ2v) is 6.59. The summed E-state index contributed by atoms with van der Waals surface area (Å²) in [4.78, 5) is 28.2. The average molecular weight is 370 g/mol. The summed E-state index contributed by atoms with van der Waals surface area (Å²) in [6.45, 7) is 6.25. The van der Waals surface area contributed by atoms with Gasteiger partial charge in [0.1, 0.15) is 6.04 Å². The zero-order chi connectivity index (χ0) is 19.5. The monoisotopic (exact) mass is 370 g/mol. The Morgan fingerprint density at radius 3 is 2.50 bits per heavy atom. The van der Waals surface area contributed by atoms with E-state index in [1.807, 2.05) is 13.8 Å². The van der Waals surface area contributed by atoms with E-state index in [4.69, 9.17) is 0 Å². The number of nitrogens with zero attached hydrogens (tertiary/aromatic N) is 2. The molecule has 0 aliphatic carbocycles. The van der Waals surface area contributed by atoms with Gasteiger partial charge in [-0.2, -0.15) is 13.2 Å². The number of benzene rings is 1. The van der Waals surface area contributed by atoms with Crippen LogP contribution in [0.1, 0.15) is 51.2 Å². The van der Waals surface area contributed by atoms with Crippen molar-refractivity contribution in [2.75, 3.05) is 18.0 Å². The van der Waals surface area contributed by atoms with Gasteiger partial charge >= 0.3 is 6.18 Å². The third-order valence-corrected chi connectivity index (χ3v) is 4.65. The zero-order valence-electron chi connectivity index (χ0n) is 15.4. The Labute approximate surface area is 152 Å². The molecule has 0 aromatic heterocycles. The molecular formula is C19H25F3N2O2. The SMILES string of the molecule is CCCC(=O)N(CCC)C(C)C(=O)N1CCc2ccc(C(F)(F)F)cc21. The molecule has 0 saturated carbocycles. The molecule has 4 nitrogen and oxygen atoms in total. The lowest BCUT2D eigenvalue weighted by Gasteiger charge is -2.31. The summed E-state index contributed by atoms with van der Waals surface area (Å²) >= 11 is 0. The normalized spacial score (nSPS) is 14.9. The summed E-state index contributed by atoms with van der Waals surface area (Å²) in [5, 5.41) is 0. The molecule has 1 aromatic carbocycles. The highest BCUT2D eigenvalue weighted by Crippen LogP contribution is 2.36. The van der Waals surface area contributed by atoms with Gasteiger partial charge in [-0.25, -0.2) is 0 Å². The molecule has 0 radical (unpaired) electrons. The lowest BCUT2D eigenvalue weighted by atomic mass is 10.1. The fraction of sp³-hybridized carbons (Fsp3) is 0.579. The Balaban J connectivity index is 2.27. The second kappa shape index (κ2) is 8.10. The minimum atomic E-state index is -4.46. The highest BCUT2D eigenvalue weighted by molar-refractivity contribution is 6.00. The maximum Gasteiger partial charge on any atom is 0.416 e. The van der Waals surface area contributed by atoms with Gasteiger partial charge in [-0.05, 0) is 43.9 Å². The summed E-state index contributed by atoms with van der Waals surface area (Å²) in [7, 11) is 0. The van der Waals surface area contributed by atoms with Gasteiger partial charge in [0, 0.05) is 25.2 Å². The summed E-state index contributed by atoms with van der Waals surface area (Å²) < 4.78 is 39.0. The molecule has 0 spiro atoms. The van der Waals surface area contributed by atoms with Gasteiger partial charge in [0.15, 0.2) is 0 Å². The van der Waals surface area contributed by atoms with Crippen LogP contribution in [0.5, 0.6) is 0 Å². The Hall–Kier alpha value is -2.05. The van der Waals surface area contributed by atoms with E-state index in [2.05, 4.69) is 0 Å². The largest absolute Gasteiger partial charge is 0.416 e. The van der Waals surface area contributed by atoms with Crippen LogP contribution in [0, 0.1) is 0 Å². The number of hydrogen-bond donors (Lipinski definition) is 0.